The molecular weight excluding hydrogens is 452 g/mol. The molecule has 0 aliphatic heterocycles. The molecule has 0 fully saturated rings. The van der Waals surface area contributed by atoms with Crippen molar-refractivity contribution >= 4 is 17.5 Å². The maximum atomic E-state index is 11.8. The van der Waals surface area contributed by atoms with Crippen LogP contribution < -0.4 is 16.2 Å². The maximum Gasteiger partial charge on any atom is 0.153 e. The van der Waals surface area contributed by atoms with Crippen molar-refractivity contribution in [3.8, 4) is 5.75 Å². The van der Waals surface area contributed by atoms with Crippen molar-refractivity contribution in [2.45, 2.75) is 40.0 Å². The highest BCUT2D eigenvalue weighted by Gasteiger charge is 2.11. The molecule has 35 heavy (non-hydrogen) atoms. The van der Waals surface area contributed by atoms with Crippen LogP contribution in [0.15, 0.2) is 34.5 Å². The first-order valence-corrected chi connectivity index (χ1v) is 12.1. The fourth-order valence-corrected chi connectivity index (χ4v) is 2.91. The Labute approximate surface area is 209 Å². The van der Waals surface area contributed by atoms with Crippen LogP contribution in [0, 0.1) is 5.92 Å². The van der Waals surface area contributed by atoms with Crippen molar-refractivity contribution < 1.29 is 28.5 Å². The van der Waals surface area contributed by atoms with E-state index in [1.54, 1.807) is 31.2 Å². The summed E-state index contributed by atoms with van der Waals surface area (Å²) in [5.41, 5.74) is 12.0. The number of hydrogen-bond donors (Lipinski definition) is 2. The molecule has 10 heteroatoms. The van der Waals surface area contributed by atoms with Gasteiger partial charge in [-0.1, -0.05) is 20.3 Å². The molecule has 0 aliphatic carbocycles. The van der Waals surface area contributed by atoms with Gasteiger partial charge in [0.15, 0.2) is 5.84 Å². The molecule has 1 aromatic rings. The summed E-state index contributed by atoms with van der Waals surface area (Å²) in [5, 5.41) is 7.58. The minimum Gasteiger partial charge on any atom is -0.491 e. The summed E-state index contributed by atoms with van der Waals surface area (Å²) in [6.45, 7) is 9.92. The Morgan fingerprint density at radius 1 is 0.829 bits per heavy atom. The lowest BCUT2D eigenvalue weighted by molar-refractivity contribution is -0.123. The molecule has 0 radical (unpaired) electrons. The van der Waals surface area contributed by atoms with Crippen LogP contribution in [0.5, 0.6) is 5.75 Å². The Balaban J connectivity index is 1.92. The highest BCUT2D eigenvalue weighted by Crippen LogP contribution is 2.12. The monoisotopic (exact) mass is 494 g/mol. The van der Waals surface area contributed by atoms with Gasteiger partial charge in [-0.15, -0.1) is 10.2 Å². The molecule has 10 nitrogen and oxygen atoms in total. The van der Waals surface area contributed by atoms with E-state index in [2.05, 4.69) is 17.1 Å². The molecule has 0 amide bonds. The molecule has 0 bridgehead atoms. The number of carbonyl (C=O) groups excluding carboxylic acids is 1. The lowest BCUT2D eigenvalue weighted by atomic mass is 9.99. The molecule has 0 saturated heterocycles. The van der Waals surface area contributed by atoms with Gasteiger partial charge in [0.1, 0.15) is 24.0 Å². The van der Waals surface area contributed by atoms with Crippen molar-refractivity contribution in [1.82, 2.24) is 0 Å². The second-order valence-electron chi connectivity index (χ2n) is 7.95. The fourth-order valence-electron chi connectivity index (χ4n) is 2.91. The number of ether oxygens (including phenoxy) is 5. The van der Waals surface area contributed by atoms with Crippen LogP contribution in [0.1, 0.15) is 45.6 Å². The first-order valence-electron chi connectivity index (χ1n) is 12.1. The normalized spacial score (nSPS) is 13.1. The van der Waals surface area contributed by atoms with Gasteiger partial charge in [-0.2, -0.15) is 0 Å². The van der Waals surface area contributed by atoms with Crippen LogP contribution >= 0.6 is 0 Å². The largest absolute Gasteiger partial charge is 0.491 e. The van der Waals surface area contributed by atoms with Crippen molar-refractivity contribution in [2.24, 2.45) is 27.6 Å². The Morgan fingerprint density at radius 2 is 1.34 bits per heavy atom. The van der Waals surface area contributed by atoms with Crippen LogP contribution in [0.25, 0.3) is 0 Å². The third-order valence-electron chi connectivity index (χ3n) is 4.84. The molecule has 1 rings (SSSR count). The first kappa shape index (κ1) is 30.5. The molecule has 198 valence electrons. The summed E-state index contributed by atoms with van der Waals surface area (Å²) in [5.74, 6) is 1.72. The van der Waals surface area contributed by atoms with Gasteiger partial charge in [0, 0.05) is 17.9 Å². The van der Waals surface area contributed by atoms with Crippen molar-refractivity contribution in [2.75, 3.05) is 59.5 Å². The number of carbonyl (C=O) groups is 1. The SMILES string of the molecule is CCCC(C)C(=O)CCOCCOCCOCCOCCOc1ccc(/C(N)=N/N=C(/C)N)cc1. The third kappa shape index (κ3) is 15.9. The Kier molecular flexibility index (Phi) is 17.2. The molecule has 0 aromatic heterocycles. The average Bonchev–Trinajstić information content (AvgIpc) is 2.85. The predicted molar refractivity (Wildman–Crippen MR) is 137 cm³/mol. The highest BCUT2D eigenvalue weighted by atomic mass is 16.6. The zero-order valence-corrected chi connectivity index (χ0v) is 21.4. The van der Waals surface area contributed by atoms with E-state index < -0.39 is 0 Å². The van der Waals surface area contributed by atoms with E-state index >= 15 is 0 Å². The smallest absolute Gasteiger partial charge is 0.153 e. The van der Waals surface area contributed by atoms with Gasteiger partial charge in [0.2, 0.25) is 0 Å². The maximum absolute atomic E-state index is 11.8. The summed E-state index contributed by atoms with van der Waals surface area (Å²) in [4.78, 5) is 11.8. The lowest BCUT2D eigenvalue weighted by Crippen LogP contribution is -2.15. The molecular formula is C25H42N4O6. The van der Waals surface area contributed by atoms with Gasteiger partial charge in [0.05, 0.1) is 52.9 Å². The average molecular weight is 495 g/mol. The zero-order valence-electron chi connectivity index (χ0n) is 21.4. The number of ketones is 1. The standard InChI is InChI=1S/C25H42N4O6/c1-4-5-20(2)24(30)10-11-31-12-13-32-14-15-33-16-17-34-18-19-35-23-8-6-22(7-9-23)25(27)29-28-21(3)26/h6-9,20H,4-5,10-19H2,1-3H3,(H2,26,28)(H2,27,29). The van der Waals surface area contributed by atoms with Crippen molar-refractivity contribution in [3.05, 3.63) is 29.8 Å². The number of amidine groups is 2. The Bertz CT molecular complexity index is 751. The number of nitrogens with two attached hydrogens (primary N) is 2. The zero-order chi connectivity index (χ0) is 25.7. The molecule has 0 aliphatic rings. The quantitative estimate of drug-likeness (QED) is 0.115. The molecule has 1 aromatic carbocycles. The van der Waals surface area contributed by atoms with E-state index in [0.29, 0.717) is 77.5 Å². The second kappa shape index (κ2) is 19.7. The fraction of sp³-hybridized carbons (Fsp3) is 0.640. The minimum absolute atomic E-state index is 0.125. The summed E-state index contributed by atoms with van der Waals surface area (Å²) in [7, 11) is 0. The van der Waals surface area contributed by atoms with Crippen LogP contribution in [0.3, 0.4) is 0 Å². The second-order valence-corrected chi connectivity index (χ2v) is 7.95. The van der Waals surface area contributed by atoms with E-state index in [4.69, 9.17) is 35.2 Å². The number of hydrogen-bond acceptors (Lipinski definition) is 8. The summed E-state index contributed by atoms with van der Waals surface area (Å²) >= 11 is 0. The summed E-state index contributed by atoms with van der Waals surface area (Å²) < 4.78 is 27.5. The molecule has 4 N–H and O–H groups in total. The summed E-state index contributed by atoms with van der Waals surface area (Å²) in [6.07, 6.45) is 2.44. The Hall–Kier alpha value is -2.53. The van der Waals surface area contributed by atoms with E-state index in [0.717, 1.165) is 18.4 Å². The number of benzene rings is 1. The van der Waals surface area contributed by atoms with Gasteiger partial charge < -0.3 is 35.2 Å². The predicted octanol–water partition coefficient (Wildman–Crippen LogP) is 2.52. The molecule has 0 heterocycles. The topological polar surface area (TPSA) is 140 Å². The van der Waals surface area contributed by atoms with Gasteiger partial charge in [-0.05, 0) is 37.6 Å². The van der Waals surface area contributed by atoms with Crippen LogP contribution in [-0.4, -0.2) is 76.9 Å². The van der Waals surface area contributed by atoms with E-state index in [1.165, 1.54) is 0 Å². The van der Waals surface area contributed by atoms with Gasteiger partial charge in [-0.25, -0.2) is 0 Å². The van der Waals surface area contributed by atoms with Crippen LogP contribution in [-0.2, 0) is 23.7 Å². The molecule has 0 spiro atoms. The van der Waals surface area contributed by atoms with Crippen molar-refractivity contribution in [1.29, 1.82) is 0 Å². The lowest BCUT2D eigenvalue weighted by Gasteiger charge is -2.10. The van der Waals surface area contributed by atoms with E-state index in [-0.39, 0.29) is 17.5 Å². The van der Waals surface area contributed by atoms with Gasteiger partial charge in [0.25, 0.3) is 0 Å². The first-order chi connectivity index (χ1) is 16.9. The van der Waals surface area contributed by atoms with Crippen LogP contribution in [0.2, 0.25) is 0 Å². The third-order valence-corrected chi connectivity index (χ3v) is 4.84. The van der Waals surface area contributed by atoms with Gasteiger partial charge >= 0.3 is 0 Å². The molecule has 0 saturated carbocycles. The number of Topliss-reactive ketones (excluding diaryl/α,β-unsaturated/α-hetero) is 1. The minimum atomic E-state index is 0.125. The Morgan fingerprint density at radius 3 is 1.86 bits per heavy atom. The number of rotatable bonds is 21. The molecule has 1 unspecified atom stereocenters. The van der Waals surface area contributed by atoms with E-state index in [9.17, 15) is 4.79 Å². The van der Waals surface area contributed by atoms with Crippen molar-refractivity contribution in [3.63, 3.8) is 0 Å². The summed E-state index contributed by atoms with van der Waals surface area (Å²) in [6, 6.07) is 7.21. The van der Waals surface area contributed by atoms with E-state index in [1.807, 2.05) is 6.92 Å². The number of nitrogens with zero attached hydrogens (tertiary/aromatic N) is 2. The van der Waals surface area contributed by atoms with Gasteiger partial charge in [-0.3, -0.25) is 4.79 Å². The highest BCUT2D eigenvalue weighted by molar-refractivity contribution is 5.97. The van der Waals surface area contributed by atoms with Crippen LogP contribution in [0.4, 0.5) is 0 Å². The molecule has 1 atom stereocenters.